The van der Waals surface area contributed by atoms with Crippen LogP contribution in [0.2, 0.25) is 0 Å². The fourth-order valence-corrected chi connectivity index (χ4v) is 1.36. The number of anilines is 2. The van der Waals surface area contributed by atoms with Gasteiger partial charge in [-0.1, -0.05) is 13.8 Å². The van der Waals surface area contributed by atoms with E-state index in [1.807, 2.05) is 13.8 Å². The van der Waals surface area contributed by atoms with Crippen molar-refractivity contribution in [3.8, 4) is 0 Å². The molecule has 1 aromatic rings. The molecule has 5 nitrogen and oxygen atoms in total. The Balaban J connectivity index is 2.56. The van der Waals surface area contributed by atoms with Gasteiger partial charge in [0.2, 0.25) is 5.91 Å². The van der Waals surface area contributed by atoms with Crippen molar-refractivity contribution in [1.82, 2.24) is 0 Å². The lowest BCUT2D eigenvalue weighted by Crippen LogP contribution is -2.19. The van der Waals surface area contributed by atoms with Crippen LogP contribution in [0.15, 0.2) is 24.3 Å². The van der Waals surface area contributed by atoms with Crippen molar-refractivity contribution in [3.05, 3.63) is 24.3 Å². The number of nitrogens with one attached hydrogen (secondary N) is 2. The van der Waals surface area contributed by atoms with Gasteiger partial charge in [-0.2, -0.15) is 0 Å². The Morgan fingerprint density at radius 1 is 1.12 bits per heavy atom. The summed E-state index contributed by atoms with van der Waals surface area (Å²) < 4.78 is 0. The predicted molar refractivity (Wildman–Crippen MR) is 67.7 cm³/mol. The van der Waals surface area contributed by atoms with Crippen LogP contribution in [0.4, 0.5) is 16.2 Å². The summed E-state index contributed by atoms with van der Waals surface area (Å²) in [5, 5.41) is 5.21. The van der Waals surface area contributed by atoms with Gasteiger partial charge < -0.3 is 16.4 Å². The summed E-state index contributed by atoms with van der Waals surface area (Å²) in [4.78, 5) is 22.1. The zero-order chi connectivity index (χ0) is 12.8. The topological polar surface area (TPSA) is 84.2 Å². The van der Waals surface area contributed by atoms with Crippen LogP contribution in [0.1, 0.15) is 20.3 Å². The van der Waals surface area contributed by atoms with Crippen LogP contribution >= 0.6 is 0 Å². The summed E-state index contributed by atoms with van der Waals surface area (Å²) in [6.07, 6.45) is 0.487. The Morgan fingerprint density at radius 2 is 1.59 bits per heavy atom. The normalized spacial score (nSPS) is 10.1. The van der Waals surface area contributed by atoms with Crippen molar-refractivity contribution >= 4 is 23.3 Å². The molecule has 5 heteroatoms. The molecule has 0 atom stereocenters. The standard InChI is InChI=1S/C12H17N3O2/c1-8(2)7-11(16)14-9-3-5-10(6-4-9)15-12(13)17/h3-6,8H,7H2,1-2H3,(H,14,16)(H3,13,15,17). The summed E-state index contributed by atoms with van der Waals surface area (Å²) in [6.45, 7) is 3.97. The van der Waals surface area contributed by atoms with Crippen molar-refractivity contribution in [2.24, 2.45) is 11.7 Å². The van der Waals surface area contributed by atoms with Crippen molar-refractivity contribution < 1.29 is 9.59 Å². The van der Waals surface area contributed by atoms with Crippen molar-refractivity contribution in [1.29, 1.82) is 0 Å². The first-order chi connectivity index (χ1) is 7.97. The summed E-state index contributed by atoms with van der Waals surface area (Å²) >= 11 is 0. The number of rotatable bonds is 4. The highest BCUT2D eigenvalue weighted by atomic mass is 16.2. The number of amides is 3. The molecule has 92 valence electrons. The summed E-state index contributed by atoms with van der Waals surface area (Å²) in [6, 6.07) is 6.17. The molecule has 1 rings (SSSR count). The van der Waals surface area contributed by atoms with Crippen LogP contribution < -0.4 is 16.4 Å². The van der Waals surface area contributed by atoms with Crippen LogP contribution in [0.3, 0.4) is 0 Å². The van der Waals surface area contributed by atoms with Gasteiger partial charge in [-0.05, 0) is 30.2 Å². The number of benzene rings is 1. The predicted octanol–water partition coefficient (Wildman–Crippen LogP) is 2.16. The van der Waals surface area contributed by atoms with Gasteiger partial charge >= 0.3 is 6.03 Å². The molecule has 0 aliphatic carbocycles. The molecule has 0 saturated heterocycles. The number of carbonyl (C=O) groups excluding carboxylic acids is 2. The van der Waals surface area contributed by atoms with Crippen LogP contribution in [0.25, 0.3) is 0 Å². The van der Waals surface area contributed by atoms with E-state index in [0.29, 0.717) is 23.7 Å². The second-order valence-electron chi connectivity index (χ2n) is 4.21. The van der Waals surface area contributed by atoms with Gasteiger partial charge in [-0.3, -0.25) is 4.79 Å². The maximum Gasteiger partial charge on any atom is 0.316 e. The highest BCUT2D eigenvalue weighted by molar-refractivity contribution is 5.92. The van der Waals surface area contributed by atoms with Gasteiger partial charge in [-0.15, -0.1) is 0 Å². The van der Waals surface area contributed by atoms with E-state index in [2.05, 4.69) is 10.6 Å². The fraction of sp³-hybridized carbons (Fsp3) is 0.333. The van der Waals surface area contributed by atoms with E-state index in [4.69, 9.17) is 5.73 Å². The lowest BCUT2D eigenvalue weighted by atomic mass is 10.1. The first kappa shape index (κ1) is 13.0. The first-order valence-electron chi connectivity index (χ1n) is 5.43. The van der Waals surface area contributed by atoms with Gasteiger partial charge in [0.05, 0.1) is 0 Å². The second kappa shape index (κ2) is 5.89. The van der Waals surface area contributed by atoms with Gasteiger partial charge in [0.15, 0.2) is 0 Å². The van der Waals surface area contributed by atoms with Gasteiger partial charge in [0.1, 0.15) is 0 Å². The van der Waals surface area contributed by atoms with Crippen molar-refractivity contribution in [3.63, 3.8) is 0 Å². The van der Waals surface area contributed by atoms with Crippen LogP contribution in [0, 0.1) is 5.92 Å². The lowest BCUT2D eigenvalue weighted by Gasteiger charge is -2.08. The Hall–Kier alpha value is -2.04. The molecule has 17 heavy (non-hydrogen) atoms. The molecule has 0 unspecified atom stereocenters. The van der Waals surface area contributed by atoms with E-state index in [1.165, 1.54) is 0 Å². The fourth-order valence-electron chi connectivity index (χ4n) is 1.36. The van der Waals surface area contributed by atoms with Crippen LogP contribution in [-0.4, -0.2) is 11.9 Å². The molecule has 0 fully saturated rings. The second-order valence-corrected chi connectivity index (χ2v) is 4.21. The molecule has 0 aliphatic heterocycles. The summed E-state index contributed by atoms with van der Waals surface area (Å²) in [7, 11) is 0. The minimum Gasteiger partial charge on any atom is -0.351 e. The van der Waals surface area contributed by atoms with Crippen molar-refractivity contribution in [2.45, 2.75) is 20.3 Å². The third-order valence-corrected chi connectivity index (χ3v) is 2.03. The molecule has 0 saturated carbocycles. The molecule has 3 amide bonds. The molecular formula is C12H17N3O2. The van der Waals surface area contributed by atoms with E-state index in [9.17, 15) is 9.59 Å². The number of urea groups is 1. The maximum atomic E-state index is 11.5. The van der Waals surface area contributed by atoms with E-state index >= 15 is 0 Å². The Morgan fingerprint density at radius 3 is 2.00 bits per heavy atom. The molecule has 1 aromatic carbocycles. The monoisotopic (exact) mass is 235 g/mol. The Labute approximate surface area is 100 Å². The quantitative estimate of drug-likeness (QED) is 0.747. The third kappa shape index (κ3) is 5.01. The number of hydrogen-bond donors (Lipinski definition) is 3. The lowest BCUT2D eigenvalue weighted by molar-refractivity contribution is -0.116. The highest BCUT2D eigenvalue weighted by Gasteiger charge is 2.05. The number of nitrogens with two attached hydrogens (primary N) is 1. The SMILES string of the molecule is CC(C)CC(=O)Nc1ccc(NC(N)=O)cc1. The largest absolute Gasteiger partial charge is 0.351 e. The van der Waals surface area contributed by atoms with Gasteiger partial charge in [0, 0.05) is 17.8 Å². The Bertz CT molecular complexity index is 399. The first-order valence-corrected chi connectivity index (χ1v) is 5.43. The molecule has 0 aromatic heterocycles. The van der Waals surface area contributed by atoms with Gasteiger partial charge in [0.25, 0.3) is 0 Å². The summed E-state index contributed by atoms with van der Waals surface area (Å²) in [5.74, 6) is 0.307. The van der Waals surface area contributed by atoms with E-state index < -0.39 is 6.03 Å². The zero-order valence-electron chi connectivity index (χ0n) is 9.99. The van der Waals surface area contributed by atoms with Gasteiger partial charge in [-0.25, -0.2) is 4.79 Å². The molecular weight excluding hydrogens is 218 g/mol. The third-order valence-electron chi connectivity index (χ3n) is 2.03. The molecule has 0 heterocycles. The van der Waals surface area contributed by atoms with Crippen LogP contribution in [-0.2, 0) is 4.79 Å². The molecule has 0 aliphatic rings. The Kier molecular flexibility index (Phi) is 4.51. The van der Waals surface area contributed by atoms with E-state index in [1.54, 1.807) is 24.3 Å². The number of primary amides is 1. The molecule has 0 spiro atoms. The zero-order valence-corrected chi connectivity index (χ0v) is 9.99. The van der Waals surface area contributed by atoms with E-state index in [0.717, 1.165) is 0 Å². The van der Waals surface area contributed by atoms with E-state index in [-0.39, 0.29) is 5.91 Å². The molecule has 0 radical (unpaired) electrons. The minimum absolute atomic E-state index is 0.0180. The minimum atomic E-state index is -0.610. The maximum absolute atomic E-state index is 11.5. The van der Waals surface area contributed by atoms with Crippen molar-refractivity contribution in [2.75, 3.05) is 10.6 Å². The smallest absolute Gasteiger partial charge is 0.316 e. The average molecular weight is 235 g/mol. The average Bonchev–Trinajstić information content (AvgIpc) is 2.18. The number of hydrogen-bond acceptors (Lipinski definition) is 2. The number of carbonyl (C=O) groups is 2. The molecule has 4 N–H and O–H groups in total. The highest BCUT2D eigenvalue weighted by Crippen LogP contribution is 2.14. The van der Waals surface area contributed by atoms with Crippen LogP contribution in [0.5, 0.6) is 0 Å². The summed E-state index contributed by atoms with van der Waals surface area (Å²) in [5.41, 5.74) is 6.27. The molecule has 0 bridgehead atoms.